The quantitative estimate of drug-likeness (QED) is 0.677. The predicted molar refractivity (Wildman–Crippen MR) is 108 cm³/mol. The van der Waals surface area contributed by atoms with E-state index in [1.807, 2.05) is 18.2 Å². The smallest absolute Gasteiger partial charge is 0.0823 e. The number of aryl methyl sites for hydroxylation is 1. The zero-order chi connectivity index (χ0) is 18.1. The summed E-state index contributed by atoms with van der Waals surface area (Å²) in [6.07, 6.45) is 7.03. The average molecular weight is 349 g/mol. The summed E-state index contributed by atoms with van der Waals surface area (Å²) in [6, 6.07) is 19.4. The molecule has 138 valence electrons. The Morgan fingerprint density at radius 3 is 2.38 bits per heavy atom. The van der Waals surface area contributed by atoms with E-state index >= 15 is 0 Å². The number of aliphatic hydroxyl groups excluding tert-OH is 1. The third-order valence-corrected chi connectivity index (χ3v) is 7.38. The molecule has 1 nitrogen and oxygen atoms in total. The molecule has 1 N–H and O–H groups in total. The zero-order valence-electron chi connectivity index (χ0n) is 16.2. The molecule has 0 bridgehead atoms. The van der Waals surface area contributed by atoms with E-state index < -0.39 is 0 Å². The maximum Gasteiger partial charge on any atom is 0.0823 e. The van der Waals surface area contributed by atoms with Gasteiger partial charge in [-0.05, 0) is 65.5 Å². The van der Waals surface area contributed by atoms with Crippen LogP contribution in [0.15, 0.2) is 54.6 Å². The number of hydrogen-bond acceptors (Lipinski definition) is 1. The summed E-state index contributed by atoms with van der Waals surface area (Å²) in [5, 5.41) is 11.3. The molecule has 0 heterocycles. The molecule has 2 aliphatic rings. The number of fused-ring (bicyclic) bond motifs is 3. The van der Waals surface area contributed by atoms with Gasteiger partial charge in [0.2, 0.25) is 0 Å². The van der Waals surface area contributed by atoms with E-state index in [0.717, 1.165) is 12.0 Å². The topological polar surface area (TPSA) is 20.2 Å². The Bertz CT molecular complexity index is 729. The number of hydrogen-bond donors (Lipinski definition) is 1. The lowest BCUT2D eigenvalue weighted by Crippen LogP contribution is -2.42. The second-order valence-electron chi connectivity index (χ2n) is 9.02. The van der Waals surface area contributed by atoms with Gasteiger partial charge in [0.15, 0.2) is 0 Å². The lowest BCUT2D eigenvalue weighted by atomic mass is 9.55. The van der Waals surface area contributed by atoms with Gasteiger partial charge < -0.3 is 5.11 Å². The van der Waals surface area contributed by atoms with Crippen LogP contribution in [0, 0.1) is 17.3 Å². The normalized spacial score (nSPS) is 29.0. The molecule has 0 amide bonds. The second-order valence-corrected chi connectivity index (χ2v) is 9.02. The molecule has 1 saturated carbocycles. The Morgan fingerprint density at radius 1 is 0.885 bits per heavy atom. The molecule has 2 aromatic carbocycles. The summed E-state index contributed by atoms with van der Waals surface area (Å²) in [5.74, 6) is 1.63. The van der Waals surface area contributed by atoms with E-state index in [1.54, 1.807) is 11.1 Å². The Balaban J connectivity index is 1.69. The standard InChI is InChI=1S/C25H32O/c1-25(2)22-17-16-18-10-6-7-13-20(18)21(22)14-8-9-15-23(25)24(26)19-11-4-3-5-12-19/h3-7,10-13,21-24,26H,8-9,14-17H2,1-2H3/t21-,22+,23+,24-/m0/s1. The van der Waals surface area contributed by atoms with Crippen molar-refractivity contribution in [2.45, 2.75) is 64.4 Å². The van der Waals surface area contributed by atoms with Crippen LogP contribution in [0.3, 0.4) is 0 Å². The third kappa shape index (κ3) is 3.11. The van der Waals surface area contributed by atoms with Gasteiger partial charge in [-0.2, -0.15) is 0 Å². The maximum atomic E-state index is 11.3. The van der Waals surface area contributed by atoms with Crippen LogP contribution in [0.4, 0.5) is 0 Å². The van der Waals surface area contributed by atoms with E-state index in [0.29, 0.717) is 17.8 Å². The van der Waals surface area contributed by atoms with Gasteiger partial charge in [-0.3, -0.25) is 0 Å². The maximum absolute atomic E-state index is 11.3. The first-order valence-corrected chi connectivity index (χ1v) is 10.4. The zero-order valence-corrected chi connectivity index (χ0v) is 16.2. The molecule has 2 aliphatic carbocycles. The number of aliphatic hydroxyl groups is 1. The Morgan fingerprint density at radius 2 is 1.58 bits per heavy atom. The largest absolute Gasteiger partial charge is 0.388 e. The van der Waals surface area contributed by atoms with Crippen LogP contribution >= 0.6 is 0 Å². The monoisotopic (exact) mass is 348 g/mol. The second kappa shape index (κ2) is 7.19. The summed E-state index contributed by atoms with van der Waals surface area (Å²) in [5.41, 5.74) is 4.37. The van der Waals surface area contributed by atoms with Crippen LogP contribution in [-0.2, 0) is 6.42 Å². The first kappa shape index (κ1) is 17.8. The highest BCUT2D eigenvalue weighted by atomic mass is 16.3. The average Bonchev–Trinajstić information content (AvgIpc) is 2.66. The van der Waals surface area contributed by atoms with Gasteiger partial charge in [0.05, 0.1) is 6.10 Å². The summed E-state index contributed by atoms with van der Waals surface area (Å²) < 4.78 is 0. The van der Waals surface area contributed by atoms with Gasteiger partial charge in [-0.1, -0.05) is 81.3 Å². The van der Waals surface area contributed by atoms with Crippen LogP contribution in [0.2, 0.25) is 0 Å². The van der Waals surface area contributed by atoms with Crippen molar-refractivity contribution < 1.29 is 5.11 Å². The number of rotatable bonds is 2. The lowest BCUT2D eigenvalue weighted by molar-refractivity contribution is -0.0277. The van der Waals surface area contributed by atoms with Crippen LogP contribution in [-0.4, -0.2) is 5.11 Å². The molecule has 0 spiro atoms. The minimum Gasteiger partial charge on any atom is -0.388 e. The van der Waals surface area contributed by atoms with E-state index in [-0.39, 0.29) is 11.5 Å². The van der Waals surface area contributed by atoms with Crippen molar-refractivity contribution in [3.8, 4) is 0 Å². The van der Waals surface area contributed by atoms with Crippen LogP contribution < -0.4 is 0 Å². The Labute approximate surface area is 158 Å². The SMILES string of the molecule is CC1(C)[C@@H]([C@@H](O)c2ccccc2)CCCC[C@H]2c3ccccc3CC[C@H]21. The third-order valence-electron chi connectivity index (χ3n) is 7.38. The molecule has 0 aliphatic heterocycles. The van der Waals surface area contributed by atoms with Crippen molar-refractivity contribution in [3.63, 3.8) is 0 Å². The molecule has 1 heteroatoms. The number of benzene rings is 2. The molecule has 2 aromatic rings. The fourth-order valence-corrected chi connectivity index (χ4v) is 5.92. The van der Waals surface area contributed by atoms with Crippen LogP contribution in [0.5, 0.6) is 0 Å². The van der Waals surface area contributed by atoms with Gasteiger partial charge in [-0.15, -0.1) is 0 Å². The highest BCUT2D eigenvalue weighted by Gasteiger charge is 2.46. The van der Waals surface area contributed by atoms with Crippen molar-refractivity contribution in [2.75, 3.05) is 0 Å². The van der Waals surface area contributed by atoms with E-state index in [1.165, 1.54) is 32.1 Å². The Hall–Kier alpha value is -1.60. The highest BCUT2D eigenvalue weighted by Crippen LogP contribution is 2.55. The van der Waals surface area contributed by atoms with Crippen molar-refractivity contribution in [3.05, 3.63) is 71.3 Å². The van der Waals surface area contributed by atoms with E-state index in [2.05, 4.69) is 50.2 Å². The van der Waals surface area contributed by atoms with Crippen molar-refractivity contribution in [1.82, 2.24) is 0 Å². The lowest BCUT2D eigenvalue weighted by Gasteiger charge is -2.50. The van der Waals surface area contributed by atoms with Crippen LogP contribution in [0.25, 0.3) is 0 Å². The van der Waals surface area contributed by atoms with Crippen molar-refractivity contribution in [2.24, 2.45) is 17.3 Å². The Kier molecular flexibility index (Phi) is 4.92. The molecule has 0 aromatic heterocycles. The molecule has 0 saturated heterocycles. The fraction of sp³-hybridized carbons (Fsp3) is 0.520. The molecule has 0 unspecified atom stereocenters. The summed E-state index contributed by atoms with van der Waals surface area (Å²) in [6.45, 7) is 4.86. The predicted octanol–water partition coefficient (Wildman–Crippen LogP) is 6.28. The first-order valence-electron chi connectivity index (χ1n) is 10.4. The van der Waals surface area contributed by atoms with Gasteiger partial charge >= 0.3 is 0 Å². The van der Waals surface area contributed by atoms with Crippen molar-refractivity contribution >= 4 is 0 Å². The van der Waals surface area contributed by atoms with Crippen LogP contribution in [0.1, 0.15) is 74.7 Å². The van der Waals surface area contributed by atoms with Crippen molar-refractivity contribution in [1.29, 1.82) is 0 Å². The molecule has 26 heavy (non-hydrogen) atoms. The van der Waals surface area contributed by atoms with Gasteiger partial charge in [-0.25, -0.2) is 0 Å². The first-order chi connectivity index (χ1) is 12.6. The van der Waals surface area contributed by atoms with E-state index in [9.17, 15) is 5.11 Å². The summed E-state index contributed by atoms with van der Waals surface area (Å²) in [7, 11) is 0. The fourth-order valence-electron chi connectivity index (χ4n) is 5.92. The van der Waals surface area contributed by atoms with Gasteiger partial charge in [0.25, 0.3) is 0 Å². The molecular weight excluding hydrogens is 316 g/mol. The minimum absolute atomic E-state index is 0.133. The molecule has 0 radical (unpaired) electrons. The minimum atomic E-state index is -0.359. The van der Waals surface area contributed by atoms with E-state index in [4.69, 9.17) is 0 Å². The molecule has 4 rings (SSSR count). The molecular formula is C25H32O. The van der Waals surface area contributed by atoms with Gasteiger partial charge in [0, 0.05) is 0 Å². The molecule has 4 atom stereocenters. The van der Waals surface area contributed by atoms with Gasteiger partial charge in [0.1, 0.15) is 0 Å². The summed E-state index contributed by atoms with van der Waals surface area (Å²) in [4.78, 5) is 0. The summed E-state index contributed by atoms with van der Waals surface area (Å²) >= 11 is 0. The molecule has 1 fully saturated rings. The highest BCUT2D eigenvalue weighted by molar-refractivity contribution is 5.34.